The second-order valence-electron chi connectivity index (χ2n) is 6.40. The molecule has 4 heteroatoms. The molecule has 0 aromatic heterocycles. The highest BCUT2D eigenvalue weighted by molar-refractivity contribution is 5.42. The third kappa shape index (κ3) is 3.14. The Morgan fingerprint density at radius 1 is 1.25 bits per heavy atom. The van der Waals surface area contributed by atoms with E-state index < -0.39 is 0 Å². The van der Waals surface area contributed by atoms with Crippen molar-refractivity contribution in [1.82, 2.24) is 4.90 Å². The van der Waals surface area contributed by atoms with Gasteiger partial charge in [-0.25, -0.2) is 0 Å². The van der Waals surface area contributed by atoms with Crippen molar-refractivity contribution in [1.29, 1.82) is 5.26 Å². The molecule has 1 atom stereocenters. The molecule has 0 saturated carbocycles. The van der Waals surface area contributed by atoms with Crippen molar-refractivity contribution in [2.24, 2.45) is 0 Å². The van der Waals surface area contributed by atoms with E-state index in [-0.39, 0.29) is 12.0 Å². The van der Waals surface area contributed by atoms with Gasteiger partial charge in [0.05, 0.1) is 25.3 Å². The van der Waals surface area contributed by atoms with Gasteiger partial charge >= 0.3 is 0 Å². The summed E-state index contributed by atoms with van der Waals surface area (Å²) in [4.78, 5) is 2.32. The molecule has 1 heterocycles. The minimum absolute atomic E-state index is 0.142. The molecule has 1 N–H and O–H groups in total. The molecule has 0 spiro atoms. The maximum Gasteiger partial charge on any atom is 0.123 e. The summed E-state index contributed by atoms with van der Waals surface area (Å²) >= 11 is 0. The lowest BCUT2D eigenvalue weighted by Gasteiger charge is -2.28. The van der Waals surface area contributed by atoms with Gasteiger partial charge in [0.15, 0.2) is 0 Å². The third-order valence-corrected chi connectivity index (χ3v) is 4.93. The molecule has 0 aliphatic carbocycles. The summed E-state index contributed by atoms with van der Waals surface area (Å²) in [5, 5.41) is 19.2. The molecular weight excluding hydrogens is 300 g/mol. The second kappa shape index (κ2) is 7.04. The summed E-state index contributed by atoms with van der Waals surface area (Å²) in [6, 6.07) is 17.9. The summed E-state index contributed by atoms with van der Waals surface area (Å²) in [5.74, 6) is 0.801. The van der Waals surface area contributed by atoms with E-state index in [0.29, 0.717) is 12.1 Å². The topological polar surface area (TPSA) is 56.5 Å². The van der Waals surface area contributed by atoms with Crippen LogP contribution in [-0.2, 0) is 12.0 Å². The smallest absolute Gasteiger partial charge is 0.123 e. The molecule has 2 aromatic rings. The van der Waals surface area contributed by atoms with Crippen LogP contribution < -0.4 is 4.74 Å². The molecule has 3 rings (SSSR count). The van der Waals surface area contributed by atoms with Crippen molar-refractivity contribution in [2.75, 3.05) is 26.8 Å². The maximum atomic E-state index is 10.0. The van der Waals surface area contributed by atoms with Gasteiger partial charge in [-0.3, -0.25) is 4.90 Å². The van der Waals surface area contributed by atoms with Crippen LogP contribution in [0.25, 0.3) is 0 Å². The number of nitrogens with zero attached hydrogens (tertiary/aromatic N) is 2. The van der Waals surface area contributed by atoms with Crippen LogP contribution in [-0.4, -0.2) is 36.8 Å². The monoisotopic (exact) mass is 322 g/mol. The fourth-order valence-corrected chi connectivity index (χ4v) is 3.55. The van der Waals surface area contributed by atoms with Crippen LogP contribution in [0.3, 0.4) is 0 Å². The van der Waals surface area contributed by atoms with Crippen LogP contribution >= 0.6 is 0 Å². The largest absolute Gasteiger partial charge is 0.496 e. The SMILES string of the molecule is COc1ccc(C#N)cc1CN1CCC(CO)(c2ccccc2)C1. The lowest BCUT2D eigenvalue weighted by atomic mass is 9.80. The van der Waals surface area contributed by atoms with Crippen LogP contribution in [0.2, 0.25) is 0 Å². The quantitative estimate of drug-likeness (QED) is 0.919. The Morgan fingerprint density at radius 3 is 2.71 bits per heavy atom. The molecule has 1 aliphatic rings. The Morgan fingerprint density at radius 2 is 2.04 bits per heavy atom. The van der Waals surface area contributed by atoms with Gasteiger partial charge in [-0.15, -0.1) is 0 Å². The van der Waals surface area contributed by atoms with Gasteiger partial charge in [-0.2, -0.15) is 5.26 Å². The van der Waals surface area contributed by atoms with E-state index in [1.807, 2.05) is 30.3 Å². The minimum Gasteiger partial charge on any atom is -0.496 e. The zero-order valence-corrected chi connectivity index (χ0v) is 13.9. The van der Waals surface area contributed by atoms with Crippen LogP contribution in [0.5, 0.6) is 5.75 Å². The van der Waals surface area contributed by atoms with E-state index in [9.17, 15) is 5.11 Å². The van der Waals surface area contributed by atoms with E-state index in [0.717, 1.165) is 30.8 Å². The molecule has 2 aromatic carbocycles. The predicted molar refractivity (Wildman–Crippen MR) is 92.8 cm³/mol. The first-order valence-electron chi connectivity index (χ1n) is 8.16. The molecule has 1 fully saturated rings. The molecule has 0 radical (unpaired) electrons. The van der Waals surface area contributed by atoms with E-state index >= 15 is 0 Å². The van der Waals surface area contributed by atoms with E-state index in [1.165, 1.54) is 5.56 Å². The van der Waals surface area contributed by atoms with Gasteiger partial charge in [0.2, 0.25) is 0 Å². The fraction of sp³-hybridized carbons (Fsp3) is 0.350. The van der Waals surface area contributed by atoms with E-state index in [1.54, 1.807) is 13.2 Å². The standard InChI is InChI=1S/C20H22N2O2/c1-24-19-8-7-16(12-21)11-17(19)13-22-10-9-20(14-22,15-23)18-5-3-2-4-6-18/h2-8,11,23H,9-10,13-15H2,1H3. The molecule has 124 valence electrons. The molecule has 1 saturated heterocycles. The van der Waals surface area contributed by atoms with Crippen LogP contribution in [0.4, 0.5) is 0 Å². The average Bonchev–Trinajstić information content (AvgIpc) is 3.07. The molecule has 0 amide bonds. The second-order valence-corrected chi connectivity index (χ2v) is 6.40. The highest BCUT2D eigenvalue weighted by atomic mass is 16.5. The number of rotatable bonds is 5. The van der Waals surface area contributed by atoms with Crippen molar-refractivity contribution < 1.29 is 9.84 Å². The molecule has 4 nitrogen and oxygen atoms in total. The highest BCUT2D eigenvalue weighted by Gasteiger charge is 2.39. The number of likely N-dealkylation sites (tertiary alicyclic amines) is 1. The van der Waals surface area contributed by atoms with Crippen molar-refractivity contribution >= 4 is 0 Å². The first-order valence-corrected chi connectivity index (χ1v) is 8.16. The first-order chi connectivity index (χ1) is 11.7. The molecule has 0 bridgehead atoms. The highest BCUT2D eigenvalue weighted by Crippen LogP contribution is 2.35. The van der Waals surface area contributed by atoms with Gasteiger partial charge in [0.1, 0.15) is 5.75 Å². The average molecular weight is 322 g/mol. The number of hydrogen-bond donors (Lipinski definition) is 1. The Labute approximate surface area is 142 Å². The number of hydrogen-bond acceptors (Lipinski definition) is 4. The van der Waals surface area contributed by atoms with E-state index in [4.69, 9.17) is 10.00 Å². The summed E-state index contributed by atoms with van der Waals surface area (Å²) in [6.07, 6.45) is 0.924. The molecule has 24 heavy (non-hydrogen) atoms. The van der Waals surface area contributed by atoms with Crippen LogP contribution in [0.15, 0.2) is 48.5 Å². The van der Waals surface area contributed by atoms with Crippen molar-refractivity contribution in [3.05, 3.63) is 65.2 Å². The predicted octanol–water partition coefficient (Wildman–Crippen LogP) is 2.70. The molecular formula is C20H22N2O2. The Balaban J connectivity index is 1.80. The lowest BCUT2D eigenvalue weighted by Crippen LogP contribution is -2.34. The first kappa shape index (κ1) is 16.5. The molecule has 1 aliphatic heterocycles. The number of nitriles is 1. The van der Waals surface area contributed by atoms with Gasteiger partial charge in [0, 0.05) is 24.1 Å². The third-order valence-electron chi connectivity index (χ3n) is 4.93. The summed E-state index contributed by atoms with van der Waals surface area (Å²) in [6.45, 7) is 2.57. The lowest BCUT2D eigenvalue weighted by molar-refractivity contribution is 0.188. The van der Waals surface area contributed by atoms with Crippen LogP contribution in [0.1, 0.15) is 23.1 Å². The number of aliphatic hydroxyl groups is 1. The summed E-state index contributed by atoms with van der Waals surface area (Å²) in [5.41, 5.74) is 2.63. The van der Waals surface area contributed by atoms with Gasteiger partial charge < -0.3 is 9.84 Å². The summed E-state index contributed by atoms with van der Waals surface area (Å²) in [7, 11) is 1.65. The van der Waals surface area contributed by atoms with Crippen LogP contribution in [0, 0.1) is 11.3 Å². The fourth-order valence-electron chi connectivity index (χ4n) is 3.55. The van der Waals surface area contributed by atoms with Crippen molar-refractivity contribution in [3.63, 3.8) is 0 Å². The van der Waals surface area contributed by atoms with Gasteiger partial charge in [-0.05, 0) is 36.7 Å². The van der Waals surface area contributed by atoms with Gasteiger partial charge in [-0.1, -0.05) is 30.3 Å². The Hall–Kier alpha value is -2.35. The molecule has 1 unspecified atom stereocenters. The normalized spacial score (nSPS) is 20.7. The Bertz CT molecular complexity index is 739. The number of benzene rings is 2. The number of methoxy groups -OCH3 is 1. The van der Waals surface area contributed by atoms with Crippen molar-refractivity contribution in [3.8, 4) is 11.8 Å². The maximum absolute atomic E-state index is 10.0. The van der Waals surface area contributed by atoms with Gasteiger partial charge in [0.25, 0.3) is 0 Å². The Kier molecular flexibility index (Phi) is 4.84. The zero-order chi connectivity index (χ0) is 17.0. The number of ether oxygens (including phenoxy) is 1. The summed E-state index contributed by atoms with van der Waals surface area (Å²) < 4.78 is 5.43. The van der Waals surface area contributed by atoms with Crippen molar-refractivity contribution in [2.45, 2.75) is 18.4 Å². The number of aliphatic hydroxyl groups excluding tert-OH is 1. The zero-order valence-electron chi connectivity index (χ0n) is 13.9. The minimum atomic E-state index is -0.207. The van der Waals surface area contributed by atoms with E-state index in [2.05, 4.69) is 23.1 Å².